The van der Waals surface area contributed by atoms with Gasteiger partial charge in [-0.3, -0.25) is 0 Å². The third-order valence-electron chi connectivity index (χ3n) is 3.34. The third-order valence-corrected chi connectivity index (χ3v) is 4.87. The zero-order chi connectivity index (χ0) is 16.3. The molecule has 2 aromatic rings. The second-order valence-electron chi connectivity index (χ2n) is 4.39. The van der Waals surface area contributed by atoms with Crippen molar-refractivity contribution >= 4 is 23.5 Å². The summed E-state index contributed by atoms with van der Waals surface area (Å²) in [5.74, 6) is 1.08. The molecule has 2 aromatic carbocycles. The van der Waals surface area contributed by atoms with Crippen LogP contribution in [-0.4, -0.2) is 36.9 Å². The lowest BCUT2D eigenvalue weighted by Gasteiger charge is -2.18. The van der Waals surface area contributed by atoms with Crippen LogP contribution in [0.15, 0.2) is 34.1 Å². The maximum Gasteiger partial charge on any atom is 0.140 e. The monoisotopic (exact) mass is 338 g/mol. The molecule has 2 rings (SSSR count). The van der Waals surface area contributed by atoms with Crippen molar-refractivity contribution in [1.29, 1.82) is 0 Å². The number of benzene rings is 2. The summed E-state index contributed by atoms with van der Waals surface area (Å²) in [6, 6.07) is 7.10. The van der Waals surface area contributed by atoms with E-state index in [1.165, 1.54) is 37.7 Å². The largest absolute Gasteiger partial charge is 0.506 e. The molecule has 0 aliphatic rings. The summed E-state index contributed by atoms with van der Waals surface area (Å²) in [6.45, 7) is 0. The van der Waals surface area contributed by atoms with Gasteiger partial charge in [-0.2, -0.15) is 0 Å². The van der Waals surface area contributed by atoms with E-state index in [1.54, 1.807) is 24.3 Å². The highest BCUT2D eigenvalue weighted by Crippen LogP contribution is 2.51. The van der Waals surface area contributed by atoms with Gasteiger partial charge in [-0.15, -0.1) is 23.5 Å². The Kier molecular flexibility index (Phi) is 5.37. The molecule has 0 aliphatic heterocycles. The molecular formula is C16H18O4S2. The Morgan fingerprint density at radius 1 is 0.727 bits per heavy atom. The first kappa shape index (κ1) is 16.7. The molecule has 0 saturated heterocycles. The molecule has 4 nitrogen and oxygen atoms in total. The lowest BCUT2D eigenvalue weighted by molar-refractivity contribution is 0.397. The van der Waals surface area contributed by atoms with E-state index < -0.39 is 0 Å². The Hall–Kier alpha value is -1.66. The minimum atomic E-state index is 0.0682. The molecule has 0 atom stereocenters. The normalized spacial score (nSPS) is 10.5. The Morgan fingerprint density at radius 2 is 1.09 bits per heavy atom. The number of phenols is 2. The van der Waals surface area contributed by atoms with Crippen molar-refractivity contribution in [3.63, 3.8) is 0 Å². The molecular weight excluding hydrogens is 320 g/mol. The van der Waals surface area contributed by atoms with Crippen LogP contribution in [0.1, 0.15) is 0 Å². The number of rotatable bonds is 5. The summed E-state index contributed by atoms with van der Waals surface area (Å²) in [5, 5.41) is 21.2. The van der Waals surface area contributed by atoms with Gasteiger partial charge < -0.3 is 19.7 Å². The van der Waals surface area contributed by atoms with E-state index in [9.17, 15) is 10.2 Å². The number of hydrogen-bond acceptors (Lipinski definition) is 6. The Balaban J connectivity index is 2.86. The summed E-state index contributed by atoms with van der Waals surface area (Å²) in [7, 11) is 3.05. The van der Waals surface area contributed by atoms with Gasteiger partial charge >= 0.3 is 0 Å². The molecule has 118 valence electrons. The van der Waals surface area contributed by atoms with Crippen molar-refractivity contribution in [3.8, 4) is 34.1 Å². The molecule has 22 heavy (non-hydrogen) atoms. The second kappa shape index (κ2) is 7.07. The lowest BCUT2D eigenvalue weighted by Crippen LogP contribution is -1.95. The second-order valence-corrected chi connectivity index (χ2v) is 6.08. The van der Waals surface area contributed by atoms with Crippen LogP contribution in [0, 0.1) is 0 Å². The summed E-state index contributed by atoms with van der Waals surface area (Å²) < 4.78 is 10.7. The molecule has 0 fully saturated rings. The molecule has 0 unspecified atom stereocenters. The van der Waals surface area contributed by atoms with Crippen LogP contribution in [0.3, 0.4) is 0 Å². The first-order chi connectivity index (χ1) is 10.6. The molecule has 0 amide bonds. The van der Waals surface area contributed by atoms with E-state index in [-0.39, 0.29) is 11.5 Å². The van der Waals surface area contributed by atoms with E-state index >= 15 is 0 Å². The van der Waals surface area contributed by atoms with Gasteiger partial charge in [0.15, 0.2) is 0 Å². The van der Waals surface area contributed by atoms with Crippen LogP contribution in [0.4, 0.5) is 0 Å². The SMILES string of the molecule is COc1ccc(SC)c(O)c1-c1c(OC)ccc(SC)c1O. The molecule has 0 heterocycles. The van der Waals surface area contributed by atoms with Gasteiger partial charge in [-0.1, -0.05) is 0 Å². The standard InChI is InChI=1S/C16H18O4S2/c1-19-9-5-7-11(21-3)15(17)13(9)14-10(20-2)6-8-12(22-4)16(14)18/h5-8,17-18H,1-4H3. The summed E-state index contributed by atoms with van der Waals surface area (Å²) in [5.41, 5.74) is 0.860. The Morgan fingerprint density at radius 3 is 1.36 bits per heavy atom. The zero-order valence-electron chi connectivity index (χ0n) is 12.8. The fraction of sp³-hybridized carbons (Fsp3) is 0.250. The number of thioether (sulfide) groups is 2. The fourth-order valence-electron chi connectivity index (χ4n) is 2.26. The first-order valence-corrected chi connectivity index (χ1v) is 8.92. The van der Waals surface area contributed by atoms with Gasteiger partial charge in [0, 0.05) is 9.79 Å². The van der Waals surface area contributed by atoms with Crippen molar-refractivity contribution < 1.29 is 19.7 Å². The van der Waals surface area contributed by atoms with Gasteiger partial charge in [-0.05, 0) is 36.8 Å². The Bertz CT molecular complexity index is 627. The molecule has 0 bridgehead atoms. The maximum absolute atomic E-state index is 10.6. The molecule has 0 aromatic heterocycles. The van der Waals surface area contributed by atoms with Crippen molar-refractivity contribution in [2.75, 3.05) is 26.7 Å². The van der Waals surface area contributed by atoms with E-state index in [4.69, 9.17) is 9.47 Å². The van der Waals surface area contributed by atoms with Crippen LogP contribution in [0.25, 0.3) is 11.1 Å². The average Bonchev–Trinajstić information content (AvgIpc) is 2.54. The van der Waals surface area contributed by atoms with Crippen molar-refractivity contribution in [2.45, 2.75) is 9.79 Å². The van der Waals surface area contributed by atoms with Crippen LogP contribution in [0.5, 0.6) is 23.0 Å². The lowest BCUT2D eigenvalue weighted by atomic mass is 10.0. The van der Waals surface area contributed by atoms with Crippen LogP contribution >= 0.6 is 23.5 Å². The van der Waals surface area contributed by atoms with Crippen LogP contribution in [-0.2, 0) is 0 Å². The van der Waals surface area contributed by atoms with Gasteiger partial charge in [-0.25, -0.2) is 0 Å². The minimum Gasteiger partial charge on any atom is -0.506 e. The average molecular weight is 338 g/mol. The number of aromatic hydroxyl groups is 2. The molecule has 0 saturated carbocycles. The number of ether oxygens (including phenoxy) is 2. The number of methoxy groups -OCH3 is 2. The highest BCUT2D eigenvalue weighted by Gasteiger charge is 2.23. The molecule has 0 radical (unpaired) electrons. The third kappa shape index (κ3) is 2.80. The molecule has 0 spiro atoms. The van der Waals surface area contributed by atoms with Crippen LogP contribution in [0.2, 0.25) is 0 Å². The highest BCUT2D eigenvalue weighted by molar-refractivity contribution is 7.99. The Labute approximate surface area is 138 Å². The van der Waals surface area contributed by atoms with Crippen molar-refractivity contribution in [2.24, 2.45) is 0 Å². The van der Waals surface area contributed by atoms with E-state index in [2.05, 4.69) is 0 Å². The van der Waals surface area contributed by atoms with E-state index in [1.807, 2.05) is 12.5 Å². The summed E-state index contributed by atoms with van der Waals surface area (Å²) in [6.07, 6.45) is 3.75. The van der Waals surface area contributed by atoms with Gasteiger partial charge in [0.05, 0.1) is 25.3 Å². The summed E-state index contributed by atoms with van der Waals surface area (Å²) >= 11 is 2.84. The van der Waals surface area contributed by atoms with Crippen molar-refractivity contribution in [1.82, 2.24) is 0 Å². The number of hydrogen-bond donors (Lipinski definition) is 2. The predicted molar refractivity (Wildman–Crippen MR) is 91.9 cm³/mol. The summed E-state index contributed by atoms with van der Waals surface area (Å²) in [4.78, 5) is 1.40. The fourth-order valence-corrected chi connectivity index (χ4v) is 3.26. The molecule has 0 aliphatic carbocycles. The van der Waals surface area contributed by atoms with Crippen molar-refractivity contribution in [3.05, 3.63) is 24.3 Å². The molecule has 2 N–H and O–H groups in total. The quantitative estimate of drug-likeness (QED) is 0.796. The van der Waals surface area contributed by atoms with E-state index in [0.29, 0.717) is 32.4 Å². The van der Waals surface area contributed by atoms with Gasteiger partial charge in [0.25, 0.3) is 0 Å². The number of phenolic OH excluding ortho intramolecular Hbond substituents is 2. The van der Waals surface area contributed by atoms with Gasteiger partial charge in [0.2, 0.25) is 0 Å². The maximum atomic E-state index is 10.6. The minimum absolute atomic E-state index is 0.0682. The van der Waals surface area contributed by atoms with Crippen LogP contribution < -0.4 is 9.47 Å². The van der Waals surface area contributed by atoms with Gasteiger partial charge in [0.1, 0.15) is 23.0 Å². The topological polar surface area (TPSA) is 58.9 Å². The zero-order valence-corrected chi connectivity index (χ0v) is 14.5. The highest BCUT2D eigenvalue weighted by atomic mass is 32.2. The predicted octanol–water partition coefficient (Wildman–Crippen LogP) is 4.23. The first-order valence-electron chi connectivity index (χ1n) is 6.47. The molecule has 6 heteroatoms. The van der Waals surface area contributed by atoms with E-state index in [0.717, 1.165) is 0 Å². The smallest absolute Gasteiger partial charge is 0.140 e.